The normalized spacial score (nSPS) is 21.0. The summed E-state index contributed by atoms with van der Waals surface area (Å²) >= 11 is 0. The fourth-order valence-electron chi connectivity index (χ4n) is 3.65. The molecule has 3 rings (SSSR count). The van der Waals surface area contributed by atoms with E-state index in [0.717, 1.165) is 37.7 Å². The van der Waals surface area contributed by atoms with E-state index in [1.54, 1.807) is 0 Å². The van der Waals surface area contributed by atoms with Gasteiger partial charge in [-0.15, -0.1) is 0 Å². The van der Waals surface area contributed by atoms with Crippen LogP contribution in [0.1, 0.15) is 25.7 Å². The Hall–Kier alpha value is -1.34. The third-order valence-electron chi connectivity index (χ3n) is 5.04. The van der Waals surface area contributed by atoms with E-state index in [1.807, 2.05) is 24.3 Å². The third-order valence-corrected chi connectivity index (χ3v) is 5.04. The molecule has 0 amide bonds. The van der Waals surface area contributed by atoms with Crippen LogP contribution in [0.5, 0.6) is 11.5 Å². The van der Waals surface area contributed by atoms with Gasteiger partial charge in [0.1, 0.15) is 36.9 Å². The minimum atomic E-state index is -0.468. The van der Waals surface area contributed by atoms with Gasteiger partial charge in [-0.3, -0.25) is 0 Å². The molecule has 2 aliphatic heterocycles. The third kappa shape index (κ3) is 6.43. The zero-order valence-corrected chi connectivity index (χ0v) is 15.6. The van der Waals surface area contributed by atoms with Gasteiger partial charge in [0.2, 0.25) is 0 Å². The second-order valence-electron chi connectivity index (χ2n) is 7.42. The van der Waals surface area contributed by atoms with Crippen molar-refractivity contribution in [3.8, 4) is 11.5 Å². The number of β-amino-alcohol motifs (C(OH)–C–C–N with tert-alkyl or cyclic N) is 2. The lowest BCUT2D eigenvalue weighted by Gasteiger charge is -2.20. The van der Waals surface area contributed by atoms with Crippen LogP contribution < -0.4 is 9.47 Å². The van der Waals surface area contributed by atoms with Crippen molar-refractivity contribution in [2.75, 3.05) is 52.5 Å². The van der Waals surface area contributed by atoms with Gasteiger partial charge in [-0.1, -0.05) is 0 Å². The maximum atomic E-state index is 10.1. The van der Waals surface area contributed by atoms with E-state index in [9.17, 15) is 10.2 Å². The molecule has 2 aliphatic rings. The first-order valence-electron chi connectivity index (χ1n) is 9.85. The highest BCUT2D eigenvalue weighted by Gasteiger charge is 2.17. The van der Waals surface area contributed by atoms with Gasteiger partial charge in [-0.25, -0.2) is 0 Å². The van der Waals surface area contributed by atoms with Gasteiger partial charge in [0.05, 0.1) is 0 Å². The van der Waals surface area contributed by atoms with Crippen molar-refractivity contribution >= 4 is 0 Å². The zero-order valence-electron chi connectivity index (χ0n) is 15.6. The molecule has 0 aliphatic carbocycles. The molecule has 0 saturated carbocycles. The Morgan fingerprint density at radius 1 is 0.692 bits per heavy atom. The monoisotopic (exact) mass is 364 g/mol. The van der Waals surface area contributed by atoms with E-state index in [-0.39, 0.29) is 0 Å². The lowest BCUT2D eigenvalue weighted by atomic mass is 10.3. The molecule has 0 radical (unpaired) electrons. The molecule has 1 aromatic carbocycles. The number of aliphatic hydroxyl groups is 2. The van der Waals surface area contributed by atoms with E-state index in [0.29, 0.717) is 26.3 Å². The minimum absolute atomic E-state index is 0.297. The zero-order chi connectivity index (χ0) is 18.2. The molecular formula is C20H32N2O4. The SMILES string of the molecule is O[C@H](COc1ccc(OC[C@@H](O)CN2CCCC2)cc1)CN1CCCC1. The first-order valence-corrected chi connectivity index (χ1v) is 9.85. The summed E-state index contributed by atoms with van der Waals surface area (Å²) in [6, 6.07) is 7.35. The summed E-state index contributed by atoms with van der Waals surface area (Å²) < 4.78 is 11.3. The predicted octanol–water partition coefficient (Wildman–Crippen LogP) is 1.36. The summed E-state index contributed by atoms with van der Waals surface area (Å²) in [5.74, 6) is 1.44. The standard InChI is InChI=1S/C20H32N2O4/c23-17(13-21-9-1-2-10-21)15-25-19-5-7-20(8-6-19)26-16-18(24)14-22-11-3-4-12-22/h5-8,17-18,23-24H,1-4,9-16H2/t17-,18-/m0/s1. The number of likely N-dealkylation sites (tertiary alicyclic amines) is 2. The first-order chi connectivity index (χ1) is 12.7. The second-order valence-corrected chi connectivity index (χ2v) is 7.42. The van der Waals surface area contributed by atoms with Crippen molar-refractivity contribution in [1.29, 1.82) is 0 Å². The topological polar surface area (TPSA) is 65.4 Å². The van der Waals surface area contributed by atoms with Crippen LogP contribution in [0.15, 0.2) is 24.3 Å². The van der Waals surface area contributed by atoms with Crippen LogP contribution in [-0.2, 0) is 0 Å². The lowest BCUT2D eigenvalue weighted by molar-refractivity contribution is 0.0743. The Kier molecular flexibility index (Phi) is 7.55. The Morgan fingerprint density at radius 3 is 1.38 bits per heavy atom. The van der Waals surface area contributed by atoms with Gasteiger partial charge in [0.15, 0.2) is 0 Å². The van der Waals surface area contributed by atoms with Crippen LogP contribution in [0.25, 0.3) is 0 Å². The number of benzene rings is 1. The molecule has 0 aromatic heterocycles. The molecule has 2 heterocycles. The molecule has 2 saturated heterocycles. The summed E-state index contributed by atoms with van der Waals surface area (Å²) in [5.41, 5.74) is 0. The van der Waals surface area contributed by atoms with Gasteiger partial charge >= 0.3 is 0 Å². The number of aliphatic hydroxyl groups excluding tert-OH is 2. The summed E-state index contributed by atoms with van der Waals surface area (Å²) in [6.45, 7) is 6.25. The number of ether oxygens (including phenoxy) is 2. The highest BCUT2D eigenvalue weighted by molar-refractivity contribution is 5.31. The smallest absolute Gasteiger partial charge is 0.119 e. The van der Waals surface area contributed by atoms with Crippen molar-refractivity contribution in [1.82, 2.24) is 9.80 Å². The quantitative estimate of drug-likeness (QED) is 0.654. The molecule has 0 spiro atoms. The van der Waals surface area contributed by atoms with Gasteiger partial charge in [0.25, 0.3) is 0 Å². The van der Waals surface area contributed by atoms with Crippen LogP contribution in [0.4, 0.5) is 0 Å². The number of hydrogen-bond acceptors (Lipinski definition) is 6. The molecule has 1 aromatic rings. The average molecular weight is 364 g/mol. The van der Waals surface area contributed by atoms with E-state index in [2.05, 4.69) is 9.80 Å². The maximum absolute atomic E-state index is 10.1. The van der Waals surface area contributed by atoms with Crippen molar-refractivity contribution in [3.63, 3.8) is 0 Å². The van der Waals surface area contributed by atoms with E-state index in [4.69, 9.17) is 9.47 Å². The molecule has 2 fully saturated rings. The van der Waals surface area contributed by atoms with Crippen molar-refractivity contribution in [2.24, 2.45) is 0 Å². The molecule has 6 heteroatoms. The number of nitrogens with zero attached hydrogens (tertiary/aromatic N) is 2. The predicted molar refractivity (Wildman–Crippen MR) is 101 cm³/mol. The van der Waals surface area contributed by atoms with Crippen LogP contribution in [0.3, 0.4) is 0 Å². The van der Waals surface area contributed by atoms with E-state index in [1.165, 1.54) is 25.7 Å². The fourth-order valence-corrected chi connectivity index (χ4v) is 3.65. The first kappa shape index (κ1) is 19.4. The molecular weight excluding hydrogens is 332 g/mol. The molecule has 26 heavy (non-hydrogen) atoms. The van der Waals surface area contributed by atoms with Crippen molar-refractivity contribution in [3.05, 3.63) is 24.3 Å². The highest BCUT2D eigenvalue weighted by atomic mass is 16.5. The van der Waals surface area contributed by atoms with Crippen molar-refractivity contribution in [2.45, 2.75) is 37.9 Å². The molecule has 146 valence electrons. The Balaban J connectivity index is 1.33. The summed E-state index contributed by atoms with van der Waals surface area (Å²) in [5, 5.41) is 20.1. The van der Waals surface area contributed by atoms with Gasteiger partial charge in [-0.2, -0.15) is 0 Å². The second kappa shape index (κ2) is 10.1. The molecule has 6 nitrogen and oxygen atoms in total. The number of rotatable bonds is 10. The number of hydrogen-bond donors (Lipinski definition) is 2. The fraction of sp³-hybridized carbons (Fsp3) is 0.700. The Labute approximate surface area is 156 Å². The summed E-state index contributed by atoms with van der Waals surface area (Å²) in [7, 11) is 0. The largest absolute Gasteiger partial charge is 0.491 e. The van der Waals surface area contributed by atoms with E-state index >= 15 is 0 Å². The molecule has 0 bridgehead atoms. The van der Waals surface area contributed by atoms with Gasteiger partial charge in [-0.05, 0) is 76.1 Å². The summed E-state index contributed by atoms with van der Waals surface area (Å²) in [6.07, 6.45) is 3.96. The Morgan fingerprint density at radius 2 is 1.04 bits per heavy atom. The lowest BCUT2D eigenvalue weighted by Crippen LogP contribution is -2.33. The van der Waals surface area contributed by atoms with Crippen LogP contribution in [0, 0.1) is 0 Å². The van der Waals surface area contributed by atoms with Crippen molar-refractivity contribution < 1.29 is 19.7 Å². The van der Waals surface area contributed by atoms with Gasteiger partial charge in [0, 0.05) is 13.1 Å². The molecule has 0 unspecified atom stereocenters. The Bertz CT molecular complexity index is 466. The van der Waals surface area contributed by atoms with Crippen LogP contribution in [-0.4, -0.2) is 84.7 Å². The minimum Gasteiger partial charge on any atom is -0.491 e. The van der Waals surface area contributed by atoms with Crippen LogP contribution in [0.2, 0.25) is 0 Å². The highest BCUT2D eigenvalue weighted by Crippen LogP contribution is 2.18. The van der Waals surface area contributed by atoms with E-state index < -0.39 is 12.2 Å². The van der Waals surface area contributed by atoms with Crippen LogP contribution >= 0.6 is 0 Å². The summed E-state index contributed by atoms with van der Waals surface area (Å²) in [4.78, 5) is 4.55. The maximum Gasteiger partial charge on any atom is 0.119 e. The molecule has 2 N–H and O–H groups in total. The van der Waals surface area contributed by atoms with Gasteiger partial charge < -0.3 is 29.5 Å². The molecule has 2 atom stereocenters. The average Bonchev–Trinajstić information content (AvgIpc) is 3.33.